The van der Waals surface area contributed by atoms with E-state index in [-0.39, 0.29) is 4.90 Å². The van der Waals surface area contributed by atoms with Gasteiger partial charge in [0.25, 0.3) is 10.0 Å². The molecular weight excluding hydrogens is 406 g/mol. The van der Waals surface area contributed by atoms with Crippen LogP contribution in [0.2, 0.25) is 0 Å². The van der Waals surface area contributed by atoms with E-state index in [9.17, 15) is 8.42 Å². The van der Waals surface area contributed by atoms with E-state index in [1.807, 2.05) is 6.07 Å². The molecule has 0 aliphatic heterocycles. The van der Waals surface area contributed by atoms with Gasteiger partial charge in [0.15, 0.2) is 0 Å². The number of sulfonamides is 1. The summed E-state index contributed by atoms with van der Waals surface area (Å²) in [6, 6.07) is 11.8. The van der Waals surface area contributed by atoms with Gasteiger partial charge in [0.05, 0.1) is 34.0 Å². The molecule has 0 fully saturated rings. The summed E-state index contributed by atoms with van der Waals surface area (Å²) in [5, 5.41) is 4.20. The van der Waals surface area contributed by atoms with E-state index in [4.69, 9.17) is 4.74 Å². The molecule has 0 unspecified atom stereocenters. The van der Waals surface area contributed by atoms with E-state index in [1.165, 1.54) is 6.07 Å². The first kappa shape index (κ1) is 17.5. The molecule has 0 bridgehead atoms. The van der Waals surface area contributed by atoms with Crippen LogP contribution in [0.25, 0.3) is 5.69 Å². The molecule has 3 aromatic rings. The van der Waals surface area contributed by atoms with Crippen LogP contribution in [0.3, 0.4) is 0 Å². The molecule has 0 aliphatic rings. The molecule has 2 aromatic carbocycles. The molecule has 0 saturated heterocycles. The number of benzene rings is 2. The second-order valence-electron chi connectivity index (χ2n) is 5.36. The third-order valence-corrected chi connectivity index (χ3v) is 5.40. The van der Waals surface area contributed by atoms with Gasteiger partial charge in [0.1, 0.15) is 5.75 Å². The number of hydrogen-bond acceptors (Lipinski definition) is 4. The molecule has 1 heterocycles. The molecule has 0 saturated carbocycles. The van der Waals surface area contributed by atoms with Crippen LogP contribution in [0.5, 0.6) is 5.75 Å². The summed E-state index contributed by atoms with van der Waals surface area (Å²) < 4.78 is 35.7. The minimum Gasteiger partial charge on any atom is -0.496 e. The van der Waals surface area contributed by atoms with Crippen molar-refractivity contribution in [3.05, 3.63) is 64.9 Å². The molecule has 6 nitrogen and oxygen atoms in total. The molecule has 0 aliphatic carbocycles. The highest BCUT2D eigenvalue weighted by Crippen LogP contribution is 2.26. The molecule has 0 atom stereocenters. The Kier molecular flexibility index (Phi) is 4.82. The normalized spacial score (nSPS) is 11.3. The van der Waals surface area contributed by atoms with E-state index < -0.39 is 10.0 Å². The summed E-state index contributed by atoms with van der Waals surface area (Å²) in [5.41, 5.74) is 1.81. The van der Waals surface area contributed by atoms with Crippen molar-refractivity contribution >= 4 is 31.6 Å². The number of nitrogens with one attached hydrogen (secondary N) is 1. The number of para-hydroxylation sites is 2. The Hall–Kier alpha value is -2.32. The van der Waals surface area contributed by atoms with E-state index >= 15 is 0 Å². The van der Waals surface area contributed by atoms with Crippen LogP contribution in [0.15, 0.2) is 64.2 Å². The lowest BCUT2D eigenvalue weighted by molar-refractivity contribution is 0.411. The maximum Gasteiger partial charge on any atom is 0.261 e. The highest BCUT2D eigenvalue weighted by Gasteiger charge is 2.18. The van der Waals surface area contributed by atoms with Gasteiger partial charge < -0.3 is 4.74 Å². The van der Waals surface area contributed by atoms with Gasteiger partial charge in [0, 0.05) is 6.20 Å². The number of ether oxygens (including phenoxy) is 1. The van der Waals surface area contributed by atoms with Gasteiger partial charge in [0.2, 0.25) is 0 Å². The van der Waals surface area contributed by atoms with Crippen LogP contribution < -0.4 is 9.46 Å². The monoisotopic (exact) mass is 421 g/mol. The quantitative estimate of drug-likeness (QED) is 0.680. The lowest BCUT2D eigenvalue weighted by atomic mass is 10.2. The Morgan fingerprint density at radius 1 is 1.20 bits per heavy atom. The fraction of sp³-hybridized carbons (Fsp3) is 0.118. The average molecular weight is 422 g/mol. The van der Waals surface area contributed by atoms with Crippen molar-refractivity contribution in [3.8, 4) is 11.4 Å². The van der Waals surface area contributed by atoms with Crippen LogP contribution in [0, 0.1) is 6.92 Å². The van der Waals surface area contributed by atoms with E-state index in [0.29, 0.717) is 17.1 Å². The Balaban J connectivity index is 1.98. The van der Waals surface area contributed by atoms with Gasteiger partial charge >= 0.3 is 0 Å². The third kappa shape index (κ3) is 3.69. The van der Waals surface area contributed by atoms with E-state index in [2.05, 4.69) is 25.8 Å². The maximum absolute atomic E-state index is 12.8. The zero-order valence-corrected chi connectivity index (χ0v) is 16.0. The molecule has 1 aromatic heterocycles. The Labute approximate surface area is 154 Å². The van der Waals surface area contributed by atoms with Crippen molar-refractivity contribution in [2.45, 2.75) is 11.8 Å². The van der Waals surface area contributed by atoms with Crippen LogP contribution in [0.1, 0.15) is 5.56 Å². The molecule has 0 radical (unpaired) electrons. The second kappa shape index (κ2) is 6.89. The SMILES string of the molecule is COc1ccc(S(=O)(=O)Nc2ccccc2-n2cc(Br)cn2)cc1C. The van der Waals surface area contributed by atoms with Crippen molar-refractivity contribution in [1.29, 1.82) is 0 Å². The van der Waals surface area contributed by atoms with Crippen molar-refractivity contribution in [1.82, 2.24) is 9.78 Å². The Morgan fingerprint density at radius 2 is 1.96 bits per heavy atom. The zero-order valence-electron chi connectivity index (χ0n) is 13.6. The summed E-state index contributed by atoms with van der Waals surface area (Å²) in [7, 11) is -2.19. The van der Waals surface area contributed by atoms with E-state index in [0.717, 1.165) is 10.0 Å². The van der Waals surface area contributed by atoms with Gasteiger partial charge in [-0.05, 0) is 58.7 Å². The molecule has 25 heavy (non-hydrogen) atoms. The molecule has 8 heteroatoms. The number of aryl methyl sites for hydroxylation is 1. The topological polar surface area (TPSA) is 73.2 Å². The summed E-state index contributed by atoms with van der Waals surface area (Å²) in [5.74, 6) is 0.640. The Bertz CT molecular complexity index is 1020. The number of halogens is 1. The predicted octanol–water partition coefficient (Wildman–Crippen LogP) is 3.75. The van der Waals surface area contributed by atoms with Gasteiger partial charge in [-0.25, -0.2) is 13.1 Å². The van der Waals surface area contributed by atoms with Crippen LogP contribution in [-0.4, -0.2) is 25.3 Å². The summed E-state index contributed by atoms with van der Waals surface area (Å²) >= 11 is 3.34. The number of aromatic nitrogens is 2. The summed E-state index contributed by atoms with van der Waals surface area (Å²) in [6.45, 7) is 1.80. The Morgan fingerprint density at radius 3 is 2.60 bits per heavy atom. The van der Waals surface area contributed by atoms with Crippen molar-refractivity contribution in [3.63, 3.8) is 0 Å². The number of nitrogens with zero attached hydrogens (tertiary/aromatic N) is 2. The summed E-state index contributed by atoms with van der Waals surface area (Å²) in [6.07, 6.45) is 3.39. The first-order valence-corrected chi connectivity index (χ1v) is 9.65. The van der Waals surface area contributed by atoms with Crippen molar-refractivity contribution < 1.29 is 13.2 Å². The fourth-order valence-corrected chi connectivity index (χ4v) is 3.86. The molecule has 3 rings (SSSR count). The van der Waals surface area contributed by atoms with Gasteiger partial charge in [-0.15, -0.1) is 0 Å². The molecule has 0 amide bonds. The predicted molar refractivity (Wildman–Crippen MR) is 99.8 cm³/mol. The number of anilines is 1. The molecule has 0 spiro atoms. The highest BCUT2D eigenvalue weighted by molar-refractivity contribution is 9.10. The number of rotatable bonds is 5. The van der Waals surface area contributed by atoms with Gasteiger partial charge in [-0.2, -0.15) is 5.10 Å². The fourth-order valence-electron chi connectivity index (χ4n) is 2.41. The minimum atomic E-state index is -3.74. The first-order valence-electron chi connectivity index (χ1n) is 7.38. The van der Waals surface area contributed by atoms with E-state index in [1.54, 1.807) is 61.4 Å². The smallest absolute Gasteiger partial charge is 0.261 e. The highest BCUT2D eigenvalue weighted by atomic mass is 79.9. The maximum atomic E-state index is 12.8. The number of hydrogen-bond donors (Lipinski definition) is 1. The largest absolute Gasteiger partial charge is 0.496 e. The lowest BCUT2D eigenvalue weighted by Crippen LogP contribution is -2.15. The first-order chi connectivity index (χ1) is 11.9. The average Bonchev–Trinajstić information content (AvgIpc) is 3.01. The standard InChI is InChI=1S/C17H16BrN3O3S/c1-12-9-14(7-8-17(12)24-2)25(22,23)20-15-5-3-4-6-16(15)21-11-13(18)10-19-21/h3-11,20H,1-2H3. The van der Waals surface area contributed by atoms with Crippen LogP contribution in [-0.2, 0) is 10.0 Å². The molecule has 130 valence electrons. The van der Waals surface area contributed by atoms with Gasteiger partial charge in [-0.3, -0.25) is 4.72 Å². The minimum absolute atomic E-state index is 0.169. The van der Waals surface area contributed by atoms with Crippen molar-refractivity contribution in [2.75, 3.05) is 11.8 Å². The zero-order chi connectivity index (χ0) is 18.0. The van der Waals surface area contributed by atoms with Gasteiger partial charge in [-0.1, -0.05) is 12.1 Å². The van der Waals surface area contributed by atoms with Crippen molar-refractivity contribution in [2.24, 2.45) is 0 Å². The molecular formula is C17H16BrN3O3S. The lowest BCUT2D eigenvalue weighted by Gasteiger charge is -2.13. The molecule has 1 N–H and O–H groups in total. The summed E-state index contributed by atoms with van der Waals surface area (Å²) in [4.78, 5) is 0.169. The second-order valence-corrected chi connectivity index (χ2v) is 7.96. The van der Waals surface area contributed by atoms with Crippen LogP contribution in [0.4, 0.5) is 5.69 Å². The number of methoxy groups -OCH3 is 1. The van der Waals surface area contributed by atoms with Crippen LogP contribution >= 0.6 is 15.9 Å². The third-order valence-electron chi connectivity index (χ3n) is 3.62.